The molecule has 0 bridgehead atoms. The first-order valence-corrected chi connectivity index (χ1v) is 26.2. The van der Waals surface area contributed by atoms with Gasteiger partial charge in [-0.3, -0.25) is 38.6 Å². The van der Waals surface area contributed by atoms with Crippen LogP contribution in [-0.4, -0.2) is 177 Å². The molecule has 2 rings (SSSR count). The topological polar surface area (TPSA) is 368 Å². The normalized spacial score (nSPS) is 11.9. The van der Waals surface area contributed by atoms with Crippen molar-refractivity contribution in [2.45, 2.75) is 141 Å². The van der Waals surface area contributed by atoms with Crippen molar-refractivity contribution < 1.29 is 88.4 Å². The molecule has 2 atom stereocenters. The number of phenolic OH excluding ortho intramolecular Hbond substituents is 2. The molecule has 0 fully saturated rings. The Hall–Kier alpha value is -6.89. The Morgan fingerprint density at radius 1 is 0.519 bits per heavy atom. The van der Waals surface area contributed by atoms with Gasteiger partial charge in [0.25, 0.3) is 0 Å². The maximum Gasteiger partial charge on any atom is 0.326 e. The van der Waals surface area contributed by atoms with Crippen LogP contribution in [0.5, 0.6) is 11.5 Å². The SMILES string of the molecule is CCCCOCCOCCNC(=O)CCc1ccc(O)c(CN(CCN(CC(=O)O)Cc2cc(CCC(=O)CCCCCCC(=O)NCCCCC(NC(=O)NC(CCC(=O)O)C(=O)O)C(=O)O)ccc2O)CC(=O)O)c1. The Morgan fingerprint density at radius 2 is 1.03 bits per heavy atom. The van der Waals surface area contributed by atoms with Gasteiger partial charge in [0.2, 0.25) is 11.8 Å². The Labute approximate surface area is 448 Å². The van der Waals surface area contributed by atoms with E-state index in [1.165, 1.54) is 12.1 Å². The Kier molecular flexibility index (Phi) is 33.2. The minimum absolute atomic E-state index is 0.000180. The summed E-state index contributed by atoms with van der Waals surface area (Å²) in [6.07, 6.45) is 6.26. The quantitative estimate of drug-likeness (QED) is 0.0422. The molecule has 0 saturated carbocycles. The van der Waals surface area contributed by atoms with Crippen LogP contribution in [-0.2, 0) is 73.8 Å². The Morgan fingerprint density at radius 3 is 1.56 bits per heavy atom. The first-order valence-electron chi connectivity index (χ1n) is 26.2. The van der Waals surface area contributed by atoms with Crippen molar-refractivity contribution in [2.75, 3.05) is 65.7 Å². The van der Waals surface area contributed by atoms with Gasteiger partial charge in [-0.15, -0.1) is 0 Å². The van der Waals surface area contributed by atoms with Crippen molar-refractivity contribution in [3.05, 3.63) is 58.7 Å². The second kappa shape index (κ2) is 38.6. The fraction of sp³-hybridized carbons (Fsp3) is 0.604. The molecular formula is C53H80N6O18. The number of rotatable bonds is 45. The number of benzene rings is 2. The van der Waals surface area contributed by atoms with Crippen LogP contribution in [0, 0.1) is 0 Å². The average Bonchev–Trinajstić information content (AvgIpc) is 3.36. The van der Waals surface area contributed by atoms with Crippen LogP contribution in [0.3, 0.4) is 0 Å². The summed E-state index contributed by atoms with van der Waals surface area (Å²) in [5.74, 6) is -6.81. The van der Waals surface area contributed by atoms with E-state index in [9.17, 15) is 73.8 Å². The minimum atomic E-state index is -1.52. The number of aliphatic carboxylic acids is 5. The zero-order valence-electron chi connectivity index (χ0n) is 44.1. The highest BCUT2D eigenvalue weighted by Crippen LogP contribution is 2.24. The molecule has 0 spiro atoms. The van der Waals surface area contributed by atoms with Crippen LogP contribution in [0.25, 0.3) is 0 Å². The molecule has 11 N–H and O–H groups in total. The van der Waals surface area contributed by atoms with Crippen LogP contribution in [0.2, 0.25) is 0 Å². The number of carboxylic acid groups (broad SMARTS) is 5. The minimum Gasteiger partial charge on any atom is -0.508 e. The molecule has 0 aliphatic carbocycles. The van der Waals surface area contributed by atoms with E-state index in [1.807, 2.05) is 0 Å². The largest absolute Gasteiger partial charge is 0.508 e. The number of carbonyl (C=O) groups is 9. The zero-order valence-corrected chi connectivity index (χ0v) is 44.1. The number of nitrogens with one attached hydrogen (secondary N) is 4. The van der Waals surface area contributed by atoms with Gasteiger partial charge < -0.3 is 66.5 Å². The summed E-state index contributed by atoms with van der Waals surface area (Å²) in [5.41, 5.74) is 2.36. The maximum absolute atomic E-state index is 12.8. The van der Waals surface area contributed by atoms with E-state index in [2.05, 4.69) is 28.2 Å². The lowest BCUT2D eigenvalue weighted by Crippen LogP contribution is -2.51. The summed E-state index contributed by atoms with van der Waals surface area (Å²) in [6, 6.07) is 5.84. The van der Waals surface area contributed by atoms with Crippen molar-refractivity contribution in [2.24, 2.45) is 0 Å². The van der Waals surface area contributed by atoms with E-state index in [0.29, 0.717) is 95.5 Å². The molecular weight excluding hydrogens is 1010 g/mol. The lowest BCUT2D eigenvalue weighted by molar-refractivity contribution is -0.141. The number of hydrogen-bond acceptors (Lipinski definition) is 15. The van der Waals surface area contributed by atoms with E-state index in [4.69, 9.17) is 14.6 Å². The molecule has 4 amide bonds. The number of carbonyl (C=O) groups excluding carboxylic acids is 4. The van der Waals surface area contributed by atoms with E-state index in [-0.39, 0.29) is 93.9 Å². The van der Waals surface area contributed by atoms with Crippen LogP contribution in [0.1, 0.15) is 125 Å². The fourth-order valence-corrected chi connectivity index (χ4v) is 7.89. The van der Waals surface area contributed by atoms with Crippen LogP contribution < -0.4 is 21.3 Å². The third-order valence-electron chi connectivity index (χ3n) is 12.1. The van der Waals surface area contributed by atoms with Crippen molar-refractivity contribution in [1.82, 2.24) is 31.1 Å². The zero-order chi connectivity index (χ0) is 57.0. The number of phenols is 2. The van der Waals surface area contributed by atoms with Gasteiger partial charge in [0.1, 0.15) is 29.4 Å². The number of urea groups is 1. The van der Waals surface area contributed by atoms with Crippen LogP contribution in [0.4, 0.5) is 4.79 Å². The molecule has 0 aliphatic rings. The fourth-order valence-electron chi connectivity index (χ4n) is 7.89. The van der Waals surface area contributed by atoms with E-state index in [1.54, 1.807) is 34.1 Å². The number of unbranched alkanes of at least 4 members (excludes halogenated alkanes) is 5. The van der Waals surface area contributed by atoms with E-state index < -0.39 is 67.5 Å². The van der Waals surface area contributed by atoms with Gasteiger partial charge in [0.15, 0.2) is 0 Å². The highest BCUT2D eigenvalue weighted by Gasteiger charge is 2.25. The number of Topliss-reactive ketones (excluding diaryl/α,β-unsaturated/α-hetero) is 1. The van der Waals surface area contributed by atoms with Crippen LogP contribution in [0.15, 0.2) is 36.4 Å². The lowest BCUT2D eigenvalue weighted by atomic mass is 10.0. The summed E-state index contributed by atoms with van der Waals surface area (Å²) < 4.78 is 10.9. The standard InChI is InChI=1S/C53H80N6O18/c1-2-3-27-76-29-30-77-28-24-55-47(64)21-16-38-15-20-45(62)40(32-38)34-59(36-50(69)70)26-25-58(35-49(67)68)33-39-31-37(14-19-44(39)61)13-17-41(60)10-6-4-5-7-12-46(63)54-23-9-8-11-42(51(71)72)56-53(75)57-43(52(73)74)18-22-48(65)66/h14-15,19-20,31-32,42-43,61-62H,2-13,16-18,21-30,33-36H2,1H3,(H,54,63)(H,55,64)(H,65,66)(H,67,68)(H,69,70)(H,71,72)(H,73,74)(H2,56,57,75). The molecule has 0 aromatic heterocycles. The number of aromatic hydroxyl groups is 2. The third-order valence-corrected chi connectivity index (χ3v) is 12.1. The summed E-state index contributed by atoms with van der Waals surface area (Å²) in [4.78, 5) is 110. The number of nitrogens with zero attached hydrogens (tertiary/aromatic N) is 2. The summed E-state index contributed by atoms with van der Waals surface area (Å²) in [5, 5.41) is 78.2. The summed E-state index contributed by atoms with van der Waals surface area (Å²) >= 11 is 0. The second-order valence-electron chi connectivity index (χ2n) is 18.7. The first kappa shape index (κ1) is 66.2. The molecule has 0 heterocycles. The predicted molar refractivity (Wildman–Crippen MR) is 279 cm³/mol. The van der Waals surface area contributed by atoms with Crippen LogP contribution >= 0.6 is 0 Å². The van der Waals surface area contributed by atoms with Crippen molar-refractivity contribution in [3.63, 3.8) is 0 Å². The van der Waals surface area contributed by atoms with Gasteiger partial charge in [0.05, 0.1) is 32.9 Å². The van der Waals surface area contributed by atoms with Crippen molar-refractivity contribution in [3.8, 4) is 11.5 Å². The monoisotopic (exact) mass is 1090 g/mol. The first-order chi connectivity index (χ1) is 36.8. The number of aryl methyl sites for hydroxylation is 2. The number of hydrogen-bond donors (Lipinski definition) is 11. The van der Waals surface area contributed by atoms with Gasteiger partial charge in [-0.05, 0) is 81.0 Å². The van der Waals surface area contributed by atoms with Gasteiger partial charge in [-0.1, -0.05) is 50.5 Å². The predicted octanol–water partition coefficient (Wildman–Crippen LogP) is 3.65. The number of amides is 4. The highest BCUT2D eigenvalue weighted by atomic mass is 16.5. The van der Waals surface area contributed by atoms with Gasteiger partial charge in [0, 0.05) is 89.1 Å². The molecule has 77 heavy (non-hydrogen) atoms. The Balaban J connectivity index is 1.77. The third kappa shape index (κ3) is 31.7. The molecule has 24 heteroatoms. The summed E-state index contributed by atoms with van der Waals surface area (Å²) in [6.45, 7) is 4.03. The average molecular weight is 1090 g/mol. The molecule has 24 nitrogen and oxygen atoms in total. The van der Waals surface area contributed by atoms with Crippen molar-refractivity contribution >= 4 is 53.5 Å². The van der Waals surface area contributed by atoms with E-state index >= 15 is 0 Å². The summed E-state index contributed by atoms with van der Waals surface area (Å²) in [7, 11) is 0. The lowest BCUT2D eigenvalue weighted by Gasteiger charge is -2.26. The number of ether oxygens (including phenoxy) is 2. The maximum atomic E-state index is 12.8. The molecule has 2 unspecified atom stereocenters. The molecule has 430 valence electrons. The van der Waals surface area contributed by atoms with Crippen molar-refractivity contribution in [1.29, 1.82) is 0 Å². The van der Waals surface area contributed by atoms with E-state index in [0.717, 1.165) is 30.4 Å². The molecule has 0 saturated heterocycles. The molecule has 2 aromatic rings. The van der Waals surface area contributed by atoms with Gasteiger partial charge in [-0.2, -0.15) is 0 Å². The molecule has 2 aromatic carbocycles. The number of carboxylic acids is 5. The molecule has 0 aliphatic heterocycles. The molecule has 0 radical (unpaired) electrons. The van der Waals surface area contributed by atoms with Gasteiger partial charge in [-0.25, -0.2) is 14.4 Å². The highest BCUT2D eigenvalue weighted by molar-refractivity contribution is 5.86. The Bertz CT molecular complexity index is 2190. The smallest absolute Gasteiger partial charge is 0.326 e. The second-order valence-corrected chi connectivity index (χ2v) is 18.7. The van der Waals surface area contributed by atoms with Gasteiger partial charge >= 0.3 is 35.9 Å². The number of ketones is 1.